The van der Waals surface area contributed by atoms with E-state index in [0.717, 1.165) is 6.07 Å². The second-order valence-electron chi connectivity index (χ2n) is 3.55. The fraction of sp³-hybridized carbons (Fsp3) is 0.200. The molecule has 0 spiro atoms. The molecule has 0 saturated heterocycles. The number of nitrogens with one attached hydrogen (secondary N) is 1. The Morgan fingerprint density at radius 3 is 2.61 bits per heavy atom. The van der Waals surface area contributed by atoms with Crippen molar-refractivity contribution in [1.29, 1.82) is 0 Å². The summed E-state index contributed by atoms with van der Waals surface area (Å²) in [5.41, 5.74) is 0.174. The Kier molecular flexibility index (Phi) is 4.60. The first-order valence-electron chi connectivity index (χ1n) is 4.82. The summed E-state index contributed by atoms with van der Waals surface area (Å²) >= 11 is 3.04. The molecule has 1 aromatic rings. The molecule has 0 heterocycles. The summed E-state index contributed by atoms with van der Waals surface area (Å²) in [6, 6.07) is 3.59. The van der Waals surface area contributed by atoms with Crippen LogP contribution in [0.3, 0.4) is 0 Å². The first-order chi connectivity index (χ1) is 8.24. The molecule has 0 amide bonds. The SMILES string of the molecule is C=C(Br)CNS(=O)(=O)c1ccc([N+](=O)[O-])cc1C. The van der Waals surface area contributed by atoms with Gasteiger partial charge in [-0.05, 0) is 18.6 Å². The highest BCUT2D eigenvalue weighted by Crippen LogP contribution is 2.21. The molecule has 0 unspecified atom stereocenters. The van der Waals surface area contributed by atoms with Crippen LogP contribution in [0.2, 0.25) is 0 Å². The molecule has 0 saturated carbocycles. The quantitative estimate of drug-likeness (QED) is 0.659. The van der Waals surface area contributed by atoms with Crippen LogP contribution in [-0.2, 0) is 10.0 Å². The number of non-ortho nitro benzene ring substituents is 1. The van der Waals surface area contributed by atoms with Crippen molar-refractivity contribution in [3.8, 4) is 0 Å². The fourth-order valence-electron chi connectivity index (χ4n) is 1.30. The Balaban J connectivity index is 3.10. The molecule has 8 heteroatoms. The molecule has 1 aromatic carbocycles. The van der Waals surface area contributed by atoms with Crippen molar-refractivity contribution >= 4 is 31.6 Å². The maximum absolute atomic E-state index is 11.9. The maximum atomic E-state index is 11.9. The Morgan fingerprint density at radius 2 is 2.17 bits per heavy atom. The summed E-state index contributed by atoms with van der Waals surface area (Å²) in [6.07, 6.45) is 0. The van der Waals surface area contributed by atoms with Gasteiger partial charge >= 0.3 is 0 Å². The van der Waals surface area contributed by atoms with Crippen molar-refractivity contribution in [3.63, 3.8) is 0 Å². The van der Waals surface area contributed by atoms with E-state index >= 15 is 0 Å². The Labute approximate surface area is 113 Å². The zero-order chi connectivity index (χ0) is 13.9. The van der Waals surface area contributed by atoms with Crippen LogP contribution in [0.5, 0.6) is 0 Å². The van der Waals surface area contributed by atoms with E-state index < -0.39 is 14.9 Å². The molecule has 0 fully saturated rings. The van der Waals surface area contributed by atoms with Gasteiger partial charge in [-0.3, -0.25) is 10.1 Å². The minimum atomic E-state index is -3.69. The summed E-state index contributed by atoms with van der Waals surface area (Å²) in [5, 5.41) is 10.6. The van der Waals surface area contributed by atoms with Crippen LogP contribution in [0, 0.1) is 17.0 Å². The van der Waals surface area contributed by atoms with Crippen LogP contribution in [0.4, 0.5) is 5.69 Å². The molecule has 0 radical (unpaired) electrons. The van der Waals surface area contributed by atoms with E-state index in [-0.39, 0.29) is 17.1 Å². The van der Waals surface area contributed by atoms with E-state index in [2.05, 4.69) is 27.2 Å². The molecule has 0 aliphatic carbocycles. The lowest BCUT2D eigenvalue weighted by Crippen LogP contribution is -2.25. The summed E-state index contributed by atoms with van der Waals surface area (Å²) in [5.74, 6) is 0. The molecule has 1 N–H and O–H groups in total. The monoisotopic (exact) mass is 334 g/mol. The Bertz CT molecular complexity index is 598. The number of hydrogen-bond donors (Lipinski definition) is 1. The van der Waals surface area contributed by atoms with Gasteiger partial charge in [0.25, 0.3) is 5.69 Å². The number of nitro groups is 1. The van der Waals surface area contributed by atoms with Gasteiger partial charge in [-0.2, -0.15) is 0 Å². The van der Waals surface area contributed by atoms with Crippen molar-refractivity contribution in [3.05, 3.63) is 44.9 Å². The topological polar surface area (TPSA) is 89.3 Å². The molecule has 18 heavy (non-hydrogen) atoms. The lowest BCUT2D eigenvalue weighted by atomic mass is 10.2. The number of nitrogens with zero attached hydrogens (tertiary/aromatic N) is 1. The van der Waals surface area contributed by atoms with E-state index in [0.29, 0.717) is 10.0 Å². The smallest absolute Gasteiger partial charge is 0.258 e. The molecule has 0 aromatic heterocycles. The molecule has 1 rings (SSSR count). The van der Waals surface area contributed by atoms with Gasteiger partial charge in [-0.15, -0.1) is 0 Å². The van der Waals surface area contributed by atoms with E-state index in [4.69, 9.17) is 0 Å². The first kappa shape index (κ1) is 14.8. The van der Waals surface area contributed by atoms with Crippen LogP contribution in [0.25, 0.3) is 0 Å². The van der Waals surface area contributed by atoms with Crippen LogP contribution >= 0.6 is 15.9 Å². The highest BCUT2D eigenvalue weighted by Gasteiger charge is 2.18. The van der Waals surface area contributed by atoms with Gasteiger partial charge in [-0.1, -0.05) is 22.5 Å². The zero-order valence-corrected chi connectivity index (χ0v) is 11.9. The van der Waals surface area contributed by atoms with E-state index in [1.807, 2.05) is 0 Å². The third-order valence-corrected chi connectivity index (χ3v) is 3.95. The fourth-order valence-corrected chi connectivity index (χ4v) is 2.88. The molecule has 0 aliphatic heterocycles. The van der Waals surface area contributed by atoms with Crippen molar-refractivity contribution in [2.24, 2.45) is 0 Å². The number of rotatable bonds is 5. The largest absolute Gasteiger partial charge is 0.269 e. The van der Waals surface area contributed by atoms with Crippen LogP contribution in [-0.4, -0.2) is 19.9 Å². The lowest BCUT2D eigenvalue weighted by Gasteiger charge is -2.08. The molecule has 0 aliphatic rings. The maximum Gasteiger partial charge on any atom is 0.269 e. The van der Waals surface area contributed by atoms with E-state index in [1.54, 1.807) is 0 Å². The molecular formula is C10H11BrN2O4S. The molecule has 6 nitrogen and oxygen atoms in total. The standard InChI is InChI=1S/C10H11BrN2O4S/c1-7-5-9(13(14)15)3-4-10(7)18(16,17)12-6-8(2)11/h3-5,12H,2,6H2,1H3. The third kappa shape index (κ3) is 3.62. The second-order valence-corrected chi connectivity index (χ2v) is 6.41. The summed E-state index contributed by atoms with van der Waals surface area (Å²) < 4.78 is 26.6. The van der Waals surface area contributed by atoms with Gasteiger partial charge in [0, 0.05) is 23.2 Å². The van der Waals surface area contributed by atoms with Crippen molar-refractivity contribution in [2.45, 2.75) is 11.8 Å². The van der Waals surface area contributed by atoms with Crippen LogP contribution in [0.15, 0.2) is 34.2 Å². The van der Waals surface area contributed by atoms with Gasteiger partial charge in [-0.25, -0.2) is 13.1 Å². The van der Waals surface area contributed by atoms with Crippen molar-refractivity contribution < 1.29 is 13.3 Å². The van der Waals surface area contributed by atoms with Crippen LogP contribution < -0.4 is 4.72 Å². The van der Waals surface area contributed by atoms with Crippen molar-refractivity contribution in [2.75, 3.05) is 6.54 Å². The average molecular weight is 335 g/mol. The third-order valence-electron chi connectivity index (χ3n) is 2.11. The number of sulfonamides is 1. The lowest BCUT2D eigenvalue weighted by molar-refractivity contribution is -0.385. The van der Waals surface area contributed by atoms with Gasteiger partial charge < -0.3 is 0 Å². The Morgan fingerprint density at radius 1 is 1.56 bits per heavy atom. The highest BCUT2D eigenvalue weighted by molar-refractivity contribution is 9.11. The van der Waals surface area contributed by atoms with Gasteiger partial charge in [0.15, 0.2) is 0 Å². The minimum Gasteiger partial charge on any atom is -0.258 e. The highest BCUT2D eigenvalue weighted by atomic mass is 79.9. The number of hydrogen-bond acceptors (Lipinski definition) is 4. The number of aryl methyl sites for hydroxylation is 1. The van der Waals surface area contributed by atoms with Crippen molar-refractivity contribution in [1.82, 2.24) is 4.72 Å². The predicted molar refractivity (Wildman–Crippen MR) is 71.1 cm³/mol. The summed E-state index contributed by atoms with van der Waals surface area (Å²) in [4.78, 5) is 10.00. The normalized spacial score (nSPS) is 11.2. The zero-order valence-electron chi connectivity index (χ0n) is 9.51. The molecule has 0 bridgehead atoms. The summed E-state index contributed by atoms with van der Waals surface area (Å²) in [7, 11) is -3.69. The van der Waals surface area contributed by atoms with Gasteiger partial charge in [0.1, 0.15) is 0 Å². The minimum absolute atomic E-state index is 0.0156. The number of nitro benzene ring substituents is 1. The number of benzene rings is 1. The first-order valence-corrected chi connectivity index (χ1v) is 7.09. The van der Waals surface area contributed by atoms with Crippen LogP contribution in [0.1, 0.15) is 5.56 Å². The van der Waals surface area contributed by atoms with Gasteiger partial charge in [0.05, 0.1) is 9.82 Å². The molecule has 98 valence electrons. The predicted octanol–water partition coefficient (Wildman–Crippen LogP) is 2.09. The number of halogens is 1. The van der Waals surface area contributed by atoms with Gasteiger partial charge in [0.2, 0.25) is 10.0 Å². The average Bonchev–Trinajstić information content (AvgIpc) is 2.26. The summed E-state index contributed by atoms with van der Waals surface area (Å²) in [6.45, 7) is 5.07. The second kappa shape index (κ2) is 5.59. The van der Waals surface area contributed by atoms with E-state index in [1.165, 1.54) is 19.1 Å². The van der Waals surface area contributed by atoms with E-state index in [9.17, 15) is 18.5 Å². The Hall–Kier alpha value is -1.25. The molecule has 0 atom stereocenters. The molecular weight excluding hydrogens is 324 g/mol.